The van der Waals surface area contributed by atoms with Crippen LogP contribution in [0.25, 0.3) is 11.5 Å². The monoisotopic (exact) mass is 205 g/mol. The highest BCUT2D eigenvalue weighted by Crippen LogP contribution is 2.21. The van der Waals surface area contributed by atoms with Crippen molar-refractivity contribution >= 4 is 0 Å². The molecule has 2 aromatic rings. The fourth-order valence-electron chi connectivity index (χ4n) is 1.63. The van der Waals surface area contributed by atoms with Crippen LogP contribution in [0, 0.1) is 13.8 Å². The van der Waals surface area contributed by atoms with Crippen LogP contribution in [0.2, 0.25) is 0 Å². The Morgan fingerprint density at radius 1 is 1.27 bits per heavy atom. The molecule has 0 N–H and O–H groups in total. The van der Waals surface area contributed by atoms with Gasteiger partial charge in [-0.2, -0.15) is 5.10 Å². The van der Waals surface area contributed by atoms with Crippen molar-refractivity contribution in [1.29, 1.82) is 0 Å². The Labute approximate surface area is 88.7 Å². The highest BCUT2D eigenvalue weighted by Gasteiger charge is 2.15. The third kappa shape index (κ3) is 1.54. The Morgan fingerprint density at radius 2 is 2.00 bits per heavy atom. The SMILES string of the molecule is CCn1nc(C)c(C)c1-c1ncn(C)n1. The zero-order valence-corrected chi connectivity index (χ0v) is 9.52. The molecule has 0 aliphatic rings. The molecule has 0 aliphatic heterocycles. The maximum atomic E-state index is 4.44. The van der Waals surface area contributed by atoms with E-state index in [-0.39, 0.29) is 0 Å². The second-order valence-corrected chi connectivity index (χ2v) is 3.62. The first-order valence-electron chi connectivity index (χ1n) is 5.03. The zero-order chi connectivity index (χ0) is 11.0. The Balaban J connectivity index is 2.60. The molecule has 5 heteroatoms. The summed E-state index contributed by atoms with van der Waals surface area (Å²) in [6.07, 6.45) is 1.71. The molecule has 5 nitrogen and oxygen atoms in total. The molecule has 0 saturated carbocycles. The van der Waals surface area contributed by atoms with Crippen molar-refractivity contribution < 1.29 is 0 Å². The molecule has 2 heterocycles. The van der Waals surface area contributed by atoms with Crippen LogP contribution in [0.15, 0.2) is 6.33 Å². The molecule has 80 valence electrons. The van der Waals surface area contributed by atoms with E-state index in [9.17, 15) is 0 Å². The van der Waals surface area contributed by atoms with Crippen molar-refractivity contribution in [3.63, 3.8) is 0 Å². The van der Waals surface area contributed by atoms with Gasteiger partial charge in [-0.1, -0.05) is 0 Å². The van der Waals surface area contributed by atoms with Crippen LogP contribution < -0.4 is 0 Å². The van der Waals surface area contributed by atoms with Crippen molar-refractivity contribution in [2.45, 2.75) is 27.3 Å². The fraction of sp³-hybridized carbons (Fsp3) is 0.500. The van der Waals surface area contributed by atoms with Crippen molar-refractivity contribution in [2.75, 3.05) is 0 Å². The van der Waals surface area contributed by atoms with Gasteiger partial charge < -0.3 is 0 Å². The van der Waals surface area contributed by atoms with E-state index >= 15 is 0 Å². The molecule has 0 amide bonds. The summed E-state index contributed by atoms with van der Waals surface area (Å²) >= 11 is 0. The van der Waals surface area contributed by atoms with Crippen LogP contribution in [0.5, 0.6) is 0 Å². The lowest BCUT2D eigenvalue weighted by molar-refractivity contribution is 0.655. The number of rotatable bonds is 2. The first-order chi connectivity index (χ1) is 7.13. The summed E-state index contributed by atoms with van der Waals surface area (Å²) in [5.41, 5.74) is 3.22. The van der Waals surface area contributed by atoms with E-state index in [4.69, 9.17) is 0 Å². The molecule has 0 aliphatic carbocycles. The summed E-state index contributed by atoms with van der Waals surface area (Å²) in [7, 11) is 1.87. The highest BCUT2D eigenvalue weighted by molar-refractivity contribution is 5.55. The van der Waals surface area contributed by atoms with E-state index < -0.39 is 0 Å². The predicted molar refractivity (Wildman–Crippen MR) is 57.4 cm³/mol. The van der Waals surface area contributed by atoms with Crippen LogP contribution in [0.1, 0.15) is 18.2 Å². The number of aryl methyl sites for hydroxylation is 3. The van der Waals surface area contributed by atoms with Gasteiger partial charge in [0.05, 0.1) is 5.69 Å². The standard InChI is InChI=1S/C10H15N5/c1-5-15-9(7(2)8(3)12-15)10-11-6-14(4)13-10/h6H,5H2,1-4H3. The lowest BCUT2D eigenvalue weighted by Crippen LogP contribution is -2.01. The van der Waals surface area contributed by atoms with Gasteiger partial charge in [0.25, 0.3) is 0 Å². The molecule has 0 unspecified atom stereocenters. The largest absolute Gasteiger partial charge is 0.261 e. The average Bonchev–Trinajstić information content (AvgIpc) is 2.73. The molecular formula is C10H15N5. The summed E-state index contributed by atoms with van der Waals surface area (Å²) in [5.74, 6) is 0.748. The summed E-state index contributed by atoms with van der Waals surface area (Å²) in [4.78, 5) is 4.26. The molecule has 0 aromatic carbocycles. The third-order valence-electron chi connectivity index (χ3n) is 2.54. The quantitative estimate of drug-likeness (QED) is 0.742. The molecule has 0 fully saturated rings. The van der Waals surface area contributed by atoms with E-state index in [0.717, 1.165) is 29.3 Å². The van der Waals surface area contributed by atoms with Crippen molar-refractivity contribution in [3.05, 3.63) is 17.6 Å². The van der Waals surface area contributed by atoms with Crippen molar-refractivity contribution in [2.24, 2.45) is 7.05 Å². The maximum absolute atomic E-state index is 4.44. The Morgan fingerprint density at radius 3 is 2.53 bits per heavy atom. The minimum Gasteiger partial charge on any atom is -0.261 e. The zero-order valence-electron chi connectivity index (χ0n) is 9.52. The molecule has 2 aromatic heterocycles. The van der Waals surface area contributed by atoms with Crippen LogP contribution in [0.4, 0.5) is 0 Å². The highest BCUT2D eigenvalue weighted by atomic mass is 15.3. The number of hydrogen-bond donors (Lipinski definition) is 0. The first kappa shape index (κ1) is 9.89. The molecule has 0 spiro atoms. The van der Waals surface area contributed by atoms with Gasteiger partial charge in [0.1, 0.15) is 12.0 Å². The smallest absolute Gasteiger partial charge is 0.199 e. The fourth-order valence-corrected chi connectivity index (χ4v) is 1.63. The lowest BCUT2D eigenvalue weighted by atomic mass is 10.2. The minimum absolute atomic E-state index is 0.748. The summed E-state index contributed by atoms with van der Waals surface area (Å²) in [6, 6.07) is 0. The molecule has 0 radical (unpaired) electrons. The van der Waals surface area contributed by atoms with Gasteiger partial charge in [-0.3, -0.25) is 9.36 Å². The normalized spacial score (nSPS) is 10.9. The molecule has 2 rings (SSSR count). The van der Waals surface area contributed by atoms with E-state index in [2.05, 4.69) is 29.0 Å². The molecule has 15 heavy (non-hydrogen) atoms. The molecular weight excluding hydrogens is 190 g/mol. The Kier molecular flexibility index (Phi) is 2.30. The van der Waals surface area contributed by atoms with Crippen LogP contribution >= 0.6 is 0 Å². The number of aromatic nitrogens is 5. The number of hydrogen-bond acceptors (Lipinski definition) is 3. The topological polar surface area (TPSA) is 48.5 Å². The first-order valence-corrected chi connectivity index (χ1v) is 5.03. The van der Waals surface area contributed by atoms with Gasteiger partial charge in [0.2, 0.25) is 0 Å². The van der Waals surface area contributed by atoms with Gasteiger partial charge in [-0.25, -0.2) is 4.98 Å². The Bertz CT molecular complexity index is 480. The van der Waals surface area contributed by atoms with Crippen molar-refractivity contribution in [1.82, 2.24) is 24.5 Å². The van der Waals surface area contributed by atoms with Crippen LogP contribution in [-0.2, 0) is 13.6 Å². The second-order valence-electron chi connectivity index (χ2n) is 3.62. The second kappa shape index (κ2) is 3.49. The van der Waals surface area contributed by atoms with E-state index in [1.54, 1.807) is 11.0 Å². The van der Waals surface area contributed by atoms with E-state index in [1.807, 2.05) is 18.7 Å². The van der Waals surface area contributed by atoms with Gasteiger partial charge in [-0.15, -0.1) is 5.10 Å². The number of nitrogens with zero attached hydrogens (tertiary/aromatic N) is 5. The lowest BCUT2D eigenvalue weighted by Gasteiger charge is -2.00. The maximum Gasteiger partial charge on any atom is 0.199 e. The van der Waals surface area contributed by atoms with E-state index in [1.165, 1.54) is 0 Å². The summed E-state index contributed by atoms with van der Waals surface area (Å²) in [6.45, 7) is 6.97. The minimum atomic E-state index is 0.748. The third-order valence-corrected chi connectivity index (χ3v) is 2.54. The van der Waals surface area contributed by atoms with Crippen molar-refractivity contribution in [3.8, 4) is 11.5 Å². The van der Waals surface area contributed by atoms with Gasteiger partial charge in [0, 0.05) is 19.2 Å². The van der Waals surface area contributed by atoms with Crippen LogP contribution in [-0.4, -0.2) is 24.5 Å². The van der Waals surface area contributed by atoms with Gasteiger partial charge in [0.15, 0.2) is 5.82 Å². The molecule has 0 saturated heterocycles. The summed E-state index contributed by atoms with van der Waals surface area (Å²) in [5, 5.41) is 8.75. The predicted octanol–water partition coefficient (Wildman–Crippen LogP) is 1.32. The van der Waals surface area contributed by atoms with Gasteiger partial charge >= 0.3 is 0 Å². The molecule has 0 bridgehead atoms. The molecule has 0 atom stereocenters. The average molecular weight is 205 g/mol. The van der Waals surface area contributed by atoms with Crippen LogP contribution in [0.3, 0.4) is 0 Å². The van der Waals surface area contributed by atoms with E-state index in [0.29, 0.717) is 0 Å². The van der Waals surface area contributed by atoms with Gasteiger partial charge in [-0.05, 0) is 20.8 Å². The Hall–Kier alpha value is -1.65. The summed E-state index contributed by atoms with van der Waals surface area (Å²) < 4.78 is 3.65.